The SMILES string of the molecule is NC1CCc2c(-c3ccc(Br)cc3)[nH]c3c(Cl)ccc1c23. The van der Waals surface area contributed by atoms with Crippen LogP contribution in [0.2, 0.25) is 5.02 Å². The van der Waals surface area contributed by atoms with Gasteiger partial charge < -0.3 is 10.7 Å². The average Bonchev–Trinajstić information content (AvgIpc) is 2.87. The van der Waals surface area contributed by atoms with Gasteiger partial charge >= 0.3 is 0 Å². The van der Waals surface area contributed by atoms with Crippen molar-refractivity contribution in [3.05, 3.63) is 57.0 Å². The number of H-pyrrole nitrogens is 1. The van der Waals surface area contributed by atoms with Gasteiger partial charge in [-0.15, -0.1) is 0 Å². The first kappa shape index (κ1) is 13.4. The van der Waals surface area contributed by atoms with E-state index in [0.29, 0.717) is 0 Å². The van der Waals surface area contributed by atoms with Gasteiger partial charge in [0.1, 0.15) is 0 Å². The molecule has 3 aromatic rings. The van der Waals surface area contributed by atoms with Gasteiger partial charge in [-0.2, -0.15) is 0 Å². The first-order valence-electron chi connectivity index (χ1n) is 6.99. The van der Waals surface area contributed by atoms with Crippen molar-refractivity contribution in [1.29, 1.82) is 0 Å². The number of nitrogens with one attached hydrogen (secondary N) is 1. The lowest BCUT2D eigenvalue weighted by Gasteiger charge is -2.20. The van der Waals surface area contributed by atoms with Crippen LogP contribution in [-0.4, -0.2) is 4.98 Å². The smallest absolute Gasteiger partial charge is 0.0654 e. The third-order valence-electron chi connectivity index (χ3n) is 4.28. The normalized spacial score (nSPS) is 17.4. The topological polar surface area (TPSA) is 41.8 Å². The van der Waals surface area contributed by atoms with Crippen LogP contribution < -0.4 is 5.73 Å². The van der Waals surface area contributed by atoms with E-state index in [1.807, 2.05) is 6.07 Å². The molecular weight excluding hydrogens is 348 g/mol. The predicted molar refractivity (Wildman–Crippen MR) is 91.7 cm³/mol. The van der Waals surface area contributed by atoms with Crippen LogP contribution in [0.3, 0.4) is 0 Å². The van der Waals surface area contributed by atoms with E-state index in [0.717, 1.165) is 27.9 Å². The van der Waals surface area contributed by atoms with Gasteiger partial charge in [-0.3, -0.25) is 0 Å². The third-order valence-corrected chi connectivity index (χ3v) is 5.12. The molecule has 1 heterocycles. The molecule has 1 unspecified atom stereocenters. The molecule has 0 amide bonds. The first-order chi connectivity index (χ1) is 10.1. The molecule has 4 heteroatoms. The van der Waals surface area contributed by atoms with Crippen LogP contribution in [-0.2, 0) is 6.42 Å². The van der Waals surface area contributed by atoms with Crippen molar-refractivity contribution >= 4 is 38.4 Å². The van der Waals surface area contributed by atoms with E-state index in [4.69, 9.17) is 17.3 Å². The Balaban J connectivity index is 2.04. The van der Waals surface area contributed by atoms with E-state index in [9.17, 15) is 0 Å². The van der Waals surface area contributed by atoms with Crippen molar-refractivity contribution < 1.29 is 0 Å². The molecule has 2 aromatic carbocycles. The van der Waals surface area contributed by atoms with Gasteiger partial charge in [-0.1, -0.05) is 45.7 Å². The fraction of sp³-hybridized carbons (Fsp3) is 0.176. The predicted octanol–water partition coefficient (Wildman–Crippen LogP) is 5.20. The second kappa shape index (κ2) is 4.87. The summed E-state index contributed by atoms with van der Waals surface area (Å²) in [4.78, 5) is 3.52. The molecule has 1 atom stereocenters. The molecule has 0 spiro atoms. The molecule has 1 aromatic heterocycles. The van der Waals surface area contributed by atoms with Crippen LogP contribution in [0.4, 0.5) is 0 Å². The molecule has 0 radical (unpaired) electrons. The summed E-state index contributed by atoms with van der Waals surface area (Å²) in [5.74, 6) is 0. The summed E-state index contributed by atoms with van der Waals surface area (Å²) in [7, 11) is 0. The Morgan fingerprint density at radius 2 is 1.90 bits per heavy atom. The number of aromatic amines is 1. The largest absolute Gasteiger partial charge is 0.353 e. The number of hydrogen-bond donors (Lipinski definition) is 2. The van der Waals surface area contributed by atoms with E-state index in [1.54, 1.807) is 0 Å². The molecule has 4 rings (SSSR count). The van der Waals surface area contributed by atoms with Crippen LogP contribution in [0, 0.1) is 0 Å². The number of aryl methyl sites for hydroxylation is 1. The summed E-state index contributed by atoms with van der Waals surface area (Å²) in [6, 6.07) is 12.5. The number of aromatic nitrogens is 1. The van der Waals surface area contributed by atoms with Crippen molar-refractivity contribution in [2.45, 2.75) is 18.9 Å². The Morgan fingerprint density at radius 3 is 2.67 bits per heavy atom. The Kier molecular flexibility index (Phi) is 3.10. The van der Waals surface area contributed by atoms with E-state index >= 15 is 0 Å². The van der Waals surface area contributed by atoms with Gasteiger partial charge in [0.15, 0.2) is 0 Å². The van der Waals surface area contributed by atoms with Crippen LogP contribution in [0.15, 0.2) is 40.9 Å². The Morgan fingerprint density at radius 1 is 1.14 bits per heavy atom. The summed E-state index contributed by atoms with van der Waals surface area (Å²) < 4.78 is 1.08. The quantitative estimate of drug-likeness (QED) is 0.615. The van der Waals surface area contributed by atoms with Crippen molar-refractivity contribution in [2.75, 3.05) is 0 Å². The highest BCUT2D eigenvalue weighted by molar-refractivity contribution is 9.10. The van der Waals surface area contributed by atoms with Crippen molar-refractivity contribution in [3.63, 3.8) is 0 Å². The molecule has 0 fully saturated rings. The molecule has 1 aliphatic rings. The second-order valence-electron chi connectivity index (χ2n) is 5.52. The minimum atomic E-state index is 0.103. The third kappa shape index (κ3) is 2.03. The second-order valence-corrected chi connectivity index (χ2v) is 6.84. The molecule has 0 bridgehead atoms. The lowest BCUT2D eigenvalue weighted by molar-refractivity contribution is 0.644. The van der Waals surface area contributed by atoms with Gasteiger partial charge in [-0.25, -0.2) is 0 Å². The molecular formula is C17H14BrClN2. The monoisotopic (exact) mass is 360 g/mol. The van der Waals surface area contributed by atoms with E-state index in [-0.39, 0.29) is 6.04 Å². The molecule has 21 heavy (non-hydrogen) atoms. The number of rotatable bonds is 1. The highest BCUT2D eigenvalue weighted by Gasteiger charge is 2.24. The molecule has 3 N–H and O–H groups in total. The van der Waals surface area contributed by atoms with Gasteiger partial charge in [0, 0.05) is 21.6 Å². The number of hydrogen-bond acceptors (Lipinski definition) is 1. The van der Waals surface area contributed by atoms with E-state index < -0.39 is 0 Å². The first-order valence-corrected chi connectivity index (χ1v) is 8.16. The zero-order valence-electron chi connectivity index (χ0n) is 11.3. The van der Waals surface area contributed by atoms with E-state index in [1.165, 1.54) is 27.8 Å². The minimum Gasteiger partial charge on any atom is -0.353 e. The Labute approximate surface area is 136 Å². The van der Waals surface area contributed by atoms with Crippen molar-refractivity contribution in [1.82, 2.24) is 4.98 Å². The lowest BCUT2D eigenvalue weighted by Crippen LogP contribution is -2.15. The maximum atomic E-state index is 6.38. The van der Waals surface area contributed by atoms with Crippen LogP contribution in [0.25, 0.3) is 22.2 Å². The van der Waals surface area contributed by atoms with Crippen molar-refractivity contribution in [3.8, 4) is 11.3 Å². The number of halogens is 2. The van der Waals surface area contributed by atoms with Gasteiger partial charge in [0.25, 0.3) is 0 Å². The molecule has 1 aliphatic carbocycles. The van der Waals surface area contributed by atoms with E-state index in [2.05, 4.69) is 51.2 Å². The fourth-order valence-electron chi connectivity index (χ4n) is 3.24. The highest BCUT2D eigenvalue weighted by Crippen LogP contribution is 2.42. The zero-order chi connectivity index (χ0) is 14.6. The van der Waals surface area contributed by atoms with Gasteiger partial charge in [0.2, 0.25) is 0 Å². The maximum absolute atomic E-state index is 6.38. The molecule has 106 valence electrons. The summed E-state index contributed by atoms with van der Waals surface area (Å²) in [6.45, 7) is 0. The Bertz CT molecular complexity index is 836. The summed E-state index contributed by atoms with van der Waals surface area (Å²) in [6.07, 6.45) is 1.96. The minimum absolute atomic E-state index is 0.103. The zero-order valence-corrected chi connectivity index (χ0v) is 13.6. The maximum Gasteiger partial charge on any atom is 0.0654 e. The fourth-order valence-corrected chi connectivity index (χ4v) is 3.71. The number of nitrogens with two attached hydrogens (primary N) is 1. The summed E-state index contributed by atoms with van der Waals surface area (Å²) >= 11 is 9.86. The molecule has 2 nitrogen and oxygen atoms in total. The molecule has 0 aliphatic heterocycles. The summed E-state index contributed by atoms with van der Waals surface area (Å²) in [5.41, 5.74) is 12.2. The van der Waals surface area contributed by atoms with Crippen LogP contribution >= 0.6 is 27.5 Å². The van der Waals surface area contributed by atoms with Crippen molar-refractivity contribution in [2.24, 2.45) is 5.73 Å². The lowest BCUT2D eigenvalue weighted by atomic mass is 9.87. The summed E-state index contributed by atoms with van der Waals surface area (Å²) in [5, 5.41) is 1.98. The Hall–Kier alpha value is -1.29. The van der Waals surface area contributed by atoms with Crippen LogP contribution in [0.5, 0.6) is 0 Å². The van der Waals surface area contributed by atoms with Gasteiger partial charge in [-0.05, 0) is 47.7 Å². The molecule has 0 saturated carbocycles. The standard InChI is InChI=1S/C17H14BrClN2/c18-10-3-1-9(2-4-10)16-12-6-8-14(20)11-5-7-13(19)17(21-16)15(11)12/h1-5,7,14,21H,6,8,20H2. The van der Waals surface area contributed by atoms with Crippen LogP contribution in [0.1, 0.15) is 23.6 Å². The number of benzene rings is 2. The highest BCUT2D eigenvalue weighted by atomic mass is 79.9. The average molecular weight is 362 g/mol. The molecule has 0 saturated heterocycles. The van der Waals surface area contributed by atoms with Gasteiger partial charge in [0.05, 0.1) is 10.5 Å².